The highest BCUT2D eigenvalue weighted by molar-refractivity contribution is 7.89. The number of carbonyl (C=O) groups excluding carboxylic acids is 1. The molecule has 1 aliphatic rings. The third-order valence-corrected chi connectivity index (χ3v) is 6.33. The van der Waals surface area contributed by atoms with Gasteiger partial charge in [-0.1, -0.05) is 30.3 Å². The summed E-state index contributed by atoms with van der Waals surface area (Å²) < 4.78 is 28.5. The molecule has 5 N–H and O–H groups in total. The third-order valence-electron chi connectivity index (χ3n) is 5.40. The van der Waals surface area contributed by atoms with Crippen LogP contribution in [0.5, 0.6) is 0 Å². The van der Waals surface area contributed by atoms with E-state index in [9.17, 15) is 18.3 Å². The second-order valence-corrected chi connectivity index (χ2v) is 9.38. The van der Waals surface area contributed by atoms with E-state index in [1.54, 1.807) is 0 Å². The Balaban J connectivity index is 1.67. The number of carbonyl (C=O) groups is 1. The number of sulfonamides is 1. The van der Waals surface area contributed by atoms with Crippen LogP contribution in [0.4, 0.5) is 17.5 Å². The molecule has 1 amide bonds. The van der Waals surface area contributed by atoms with Gasteiger partial charge in [-0.25, -0.2) is 18.5 Å². The number of ether oxygens (including phenoxy) is 1. The van der Waals surface area contributed by atoms with Crippen LogP contribution in [0.2, 0.25) is 0 Å². The fourth-order valence-electron chi connectivity index (χ4n) is 3.54. The summed E-state index contributed by atoms with van der Waals surface area (Å²) in [5.74, 6) is 0.0960. The first-order valence-electron chi connectivity index (χ1n) is 10.9. The van der Waals surface area contributed by atoms with Crippen LogP contribution < -0.4 is 20.7 Å². The normalized spacial score (nSPS) is 13.9. The number of nitrogens with zero attached hydrogens (tertiary/aromatic N) is 3. The standard InChI is InChI=1S/C23H26N6O5S/c24-35(32,33)18-8-6-17(7-9-18)26-21-19(15-30)20(22(31)25-14-16-4-2-1-3-5-16)27-23(28-21)29-10-12-34-13-11-29/h1-9,30H,10-15H2,(H,25,31)(H2,24,32,33)(H,26,27,28). The van der Waals surface area contributed by atoms with Crippen molar-refractivity contribution in [3.63, 3.8) is 0 Å². The minimum atomic E-state index is -3.84. The predicted octanol–water partition coefficient (Wildman–Crippen LogP) is 1.13. The van der Waals surface area contributed by atoms with Crippen molar-refractivity contribution < 1.29 is 23.1 Å². The predicted molar refractivity (Wildman–Crippen MR) is 130 cm³/mol. The zero-order valence-corrected chi connectivity index (χ0v) is 19.7. The van der Waals surface area contributed by atoms with E-state index >= 15 is 0 Å². The van der Waals surface area contributed by atoms with Crippen molar-refractivity contribution in [3.05, 3.63) is 71.4 Å². The van der Waals surface area contributed by atoms with Gasteiger partial charge in [0.25, 0.3) is 5.91 Å². The summed E-state index contributed by atoms with van der Waals surface area (Å²) in [6, 6.07) is 15.2. The Bertz CT molecular complexity index is 1280. The summed E-state index contributed by atoms with van der Waals surface area (Å²) in [7, 11) is -3.84. The van der Waals surface area contributed by atoms with E-state index in [0.717, 1.165) is 5.56 Å². The number of aromatic nitrogens is 2. The van der Waals surface area contributed by atoms with E-state index in [-0.39, 0.29) is 22.0 Å². The summed E-state index contributed by atoms with van der Waals surface area (Å²) in [5.41, 5.74) is 1.67. The van der Waals surface area contributed by atoms with Crippen LogP contribution in [0, 0.1) is 0 Å². The van der Waals surface area contributed by atoms with Gasteiger partial charge in [-0.15, -0.1) is 0 Å². The number of amides is 1. The Morgan fingerprint density at radius 2 is 1.74 bits per heavy atom. The second-order valence-electron chi connectivity index (χ2n) is 7.82. The molecule has 2 aromatic carbocycles. The molecule has 184 valence electrons. The third kappa shape index (κ3) is 6.11. The quantitative estimate of drug-likeness (QED) is 0.357. The SMILES string of the molecule is NS(=O)(=O)c1ccc(Nc2nc(N3CCOCC3)nc(C(=O)NCc3ccccc3)c2CO)cc1. The maximum absolute atomic E-state index is 13.1. The first-order chi connectivity index (χ1) is 16.8. The highest BCUT2D eigenvalue weighted by Gasteiger charge is 2.23. The average Bonchev–Trinajstić information content (AvgIpc) is 2.87. The number of morpholine rings is 1. The zero-order chi connectivity index (χ0) is 24.8. The largest absolute Gasteiger partial charge is 0.391 e. The van der Waals surface area contributed by atoms with Crippen molar-refractivity contribution in [1.29, 1.82) is 0 Å². The molecular weight excluding hydrogens is 472 g/mol. The molecule has 0 saturated carbocycles. The molecule has 0 atom stereocenters. The van der Waals surface area contributed by atoms with E-state index < -0.39 is 22.5 Å². The van der Waals surface area contributed by atoms with Gasteiger partial charge in [-0.3, -0.25) is 4.79 Å². The number of hydrogen-bond acceptors (Lipinski definition) is 9. The van der Waals surface area contributed by atoms with E-state index in [4.69, 9.17) is 9.88 Å². The smallest absolute Gasteiger partial charge is 0.270 e. The molecule has 0 aliphatic carbocycles. The van der Waals surface area contributed by atoms with E-state index in [2.05, 4.69) is 20.6 Å². The van der Waals surface area contributed by atoms with Gasteiger partial charge in [0.05, 0.1) is 30.3 Å². The molecule has 3 aromatic rings. The highest BCUT2D eigenvalue weighted by atomic mass is 32.2. The van der Waals surface area contributed by atoms with Crippen molar-refractivity contribution in [2.75, 3.05) is 36.5 Å². The Morgan fingerprint density at radius 1 is 1.06 bits per heavy atom. The molecule has 1 aromatic heterocycles. The Kier molecular flexibility index (Phi) is 7.56. The molecule has 11 nitrogen and oxygen atoms in total. The lowest BCUT2D eigenvalue weighted by Gasteiger charge is -2.28. The van der Waals surface area contributed by atoms with Crippen LogP contribution in [0.25, 0.3) is 0 Å². The van der Waals surface area contributed by atoms with E-state index in [1.807, 2.05) is 35.2 Å². The maximum atomic E-state index is 13.1. The van der Waals surface area contributed by atoms with E-state index in [0.29, 0.717) is 44.5 Å². The lowest BCUT2D eigenvalue weighted by molar-refractivity contribution is 0.0942. The van der Waals surface area contributed by atoms with Crippen LogP contribution in [0.15, 0.2) is 59.5 Å². The molecule has 2 heterocycles. The Morgan fingerprint density at radius 3 is 2.37 bits per heavy atom. The highest BCUT2D eigenvalue weighted by Crippen LogP contribution is 2.26. The molecule has 35 heavy (non-hydrogen) atoms. The summed E-state index contributed by atoms with van der Waals surface area (Å²) in [6.07, 6.45) is 0. The van der Waals surface area contributed by atoms with E-state index in [1.165, 1.54) is 24.3 Å². The minimum Gasteiger partial charge on any atom is -0.391 e. The number of rotatable bonds is 8. The lowest BCUT2D eigenvalue weighted by Crippen LogP contribution is -2.38. The van der Waals surface area contributed by atoms with Crippen LogP contribution in [0.3, 0.4) is 0 Å². The van der Waals surface area contributed by atoms with Crippen molar-refractivity contribution in [2.24, 2.45) is 5.14 Å². The Labute approximate surface area is 203 Å². The first kappa shape index (κ1) is 24.5. The maximum Gasteiger partial charge on any atom is 0.270 e. The monoisotopic (exact) mass is 498 g/mol. The molecule has 4 rings (SSSR count). The molecule has 1 aliphatic heterocycles. The van der Waals surface area contributed by atoms with Crippen LogP contribution in [0.1, 0.15) is 21.6 Å². The molecular formula is C23H26N6O5S. The number of primary sulfonamides is 1. The average molecular weight is 499 g/mol. The number of aliphatic hydroxyl groups excluding tert-OH is 1. The minimum absolute atomic E-state index is 0.0388. The molecule has 1 fully saturated rings. The fourth-order valence-corrected chi connectivity index (χ4v) is 4.06. The van der Waals surface area contributed by atoms with Gasteiger partial charge in [0.15, 0.2) is 0 Å². The molecule has 0 spiro atoms. The molecule has 1 saturated heterocycles. The van der Waals surface area contributed by atoms with Crippen LogP contribution in [-0.2, 0) is 27.9 Å². The first-order valence-corrected chi connectivity index (χ1v) is 12.5. The van der Waals surface area contributed by atoms with Gasteiger partial charge < -0.3 is 25.4 Å². The van der Waals surface area contributed by atoms with Crippen molar-refractivity contribution in [1.82, 2.24) is 15.3 Å². The molecule has 0 radical (unpaired) electrons. The van der Waals surface area contributed by atoms with Gasteiger partial charge >= 0.3 is 0 Å². The number of nitrogens with one attached hydrogen (secondary N) is 2. The van der Waals surface area contributed by atoms with Crippen LogP contribution in [-0.4, -0.2) is 55.7 Å². The number of hydrogen-bond donors (Lipinski definition) is 4. The lowest BCUT2D eigenvalue weighted by atomic mass is 10.1. The van der Waals surface area contributed by atoms with Crippen molar-refractivity contribution in [3.8, 4) is 0 Å². The fraction of sp³-hybridized carbons (Fsp3) is 0.261. The zero-order valence-electron chi connectivity index (χ0n) is 18.8. The van der Waals surface area contributed by atoms with Crippen molar-refractivity contribution >= 4 is 33.4 Å². The van der Waals surface area contributed by atoms with Crippen molar-refractivity contribution in [2.45, 2.75) is 18.0 Å². The molecule has 12 heteroatoms. The number of nitrogens with two attached hydrogens (primary N) is 1. The number of aliphatic hydroxyl groups is 1. The summed E-state index contributed by atoms with van der Waals surface area (Å²) >= 11 is 0. The number of benzene rings is 2. The van der Waals surface area contributed by atoms with Gasteiger partial charge in [-0.2, -0.15) is 4.98 Å². The van der Waals surface area contributed by atoms with Gasteiger partial charge in [0, 0.05) is 25.3 Å². The van der Waals surface area contributed by atoms with Gasteiger partial charge in [-0.05, 0) is 29.8 Å². The molecule has 0 unspecified atom stereocenters. The number of anilines is 3. The summed E-state index contributed by atoms with van der Waals surface area (Å²) in [4.78, 5) is 24.0. The topological polar surface area (TPSA) is 160 Å². The van der Waals surface area contributed by atoms with Gasteiger partial charge in [0.2, 0.25) is 16.0 Å². The second kappa shape index (κ2) is 10.8. The summed E-state index contributed by atoms with van der Waals surface area (Å²) in [5, 5.41) is 21.2. The van der Waals surface area contributed by atoms with Gasteiger partial charge in [0.1, 0.15) is 11.5 Å². The van der Waals surface area contributed by atoms with Crippen LogP contribution >= 0.6 is 0 Å². The molecule has 0 bridgehead atoms. The Hall–Kier alpha value is -3.58. The summed E-state index contributed by atoms with van der Waals surface area (Å²) in [6.45, 7) is 1.89.